The van der Waals surface area contributed by atoms with E-state index in [9.17, 15) is 14.4 Å². The molecule has 0 aromatic carbocycles. The van der Waals surface area contributed by atoms with Crippen molar-refractivity contribution in [3.8, 4) is 0 Å². The van der Waals surface area contributed by atoms with Crippen molar-refractivity contribution in [1.29, 1.82) is 0 Å². The van der Waals surface area contributed by atoms with E-state index in [-0.39, 0.29) is 24.5 Å². The molecular weight excluding hydrogens is 414 g/mol. The molecule has 11 heteroatoms. The largest absolute Gasteiger partial charge is 0.450 e. The van der Waals surface area contributed by atoms with Crippen LogP contribution in [-0.4, -0.2) is 80.1 Å². The van der Waals surface area contributed by atoms with E-state index in [4.69, 9.17) is 4.74 Å². The number of nitrogens with zero attached hydrogens (tertiary/aromatic N) is 6. The minimum absolute atomic E-state index is 0.0865. The normalized spacial score (nSPS) is 14.9. The Labute approximate surface area is 187 Å². The Kier molecular flexibility index (Phi) is 7.16. The van der Waals surface area contributed by atoms with E-state index in [1.165, 1.54) is 0 Å². The average molecular weight is 446 g/mol. The first kappa shape index (κ1) is 23.3. The van der Waals surface area contributed by atoms with Crippen LogP contribution in [0.4, 0.5) is 10.5 Å². The Morgan fingerprint density at radius 2 is 1.75 bits per heavy atom. The zero-order chi connectivity index (χ0) is 23.4. The Balaban J connectivity index is 1.58. The lowest BCUT2D eigenvalue weighted by atomic mass is 10.2. The van der Waals surface area contributed by atoms with Crippen LogP contribution < -0.4 is 5.32 Å². The van der Waals surface area contributed by atoms with E-state index in [1.807, 2.05) is 19.9 Å². The monoisotopic (exact) mass is 445 g/mol. The molecule has 3 heterocycles. The number of aryl methyl sites for hydroxylation is 3. The third-order valence-electron chi connectivity index (χ3n) is 5.46. The molecule has 1 aliphatic heterocycles. The molecule has 0 radical (unpaired) electrons. The molecule has 1 aliphatic rings. The second kappa shape index (κ2) is 9.84. The van der Waals surface area contributed by atoms with E-state index in [1.54, 1.807) is 46.1 Å². The highest BCUT2D eigenvalue weighted by atomic mass is 16.6. The topological polar surface area (TPSA) is 115 Å². The maximum absolute atomic E-state index is 13.0. The standard InChI is InChI=1S/C21H31N7O4/c1-6-32-21(31)26-9-7-25(8-10-26)20(30)17(5)28-12-18(16(4)24-28)22-19(29)13-27-15(3)11-14(2)23-27/h11-12,17H,6-10,13H2,1-5H3,(H,22,29). The van der Waals surface area contributed by atoms with Crippen molar-refractivity contribution in [3.05, 3.63) is 29.3 Å². The summed E-state index contributed by atoms with van der Waals surface area (Å²) in [7, 11) is 0. The summed E-state index contributed by atoms with van der Waals surface area (Å²) in [5, 5.41) is 11.6. The summed E-state index contributed by atoms with van der Waals surface area (Å²) < 4.78 is 8.23. The van der Waals surface area contributed by atoms with Crippen LogP contribution in [0.15, 0.2) is 12.3 Å². The number of amides is 3. The van der Waals surface area contributed by atoms with Gasteiger partial charge in [-0.15, -0.1) is 0 Å². The van der Waals surface area contributed by atoms with Crippen molar-refractivity contribution < 1.29 is 19.1 Å². The SMILES string of the molecule is CCOC(=O)N1CCN(C(=O)C(C)n2cc(NC(=O)Cn3nc(C)cc3C)c(C)n2)CC1. The summed E-state index contributed by atoms with van der Waals surface area (Å²) in [6.07, 6.45) is 1.32. The zero-order valence-electron chi connectivity index (χ0n) is 19.3. The van der Waals surface area contributed by atoms with E-state index in [2.05, 4.69) is 15.5 Å². The fourth-order valence-corrected chi connectivity index (χ4v) is 3.67. The van der Waals surface area contributed by atoms with E-state index >= 15 is 0 Å². The third kappa shape index (κ3) is 5.27. The molecule has 0 aliphatic carbocycles. The molecule has 174 valence electrons. The number of carbonyl (C=O) groups is 3. The number of piperazine rings is 1. The van der Waals surface area contributed by atoms with Crippen molar-refractivity contribution in [2.24, 2.45) is 0 Å². The van der Waals surface area contributed by atoms with Crippen LogP contribution in [0, 0.1) is 20.8 Å². The Bertz CT molecular complexity index is 988. The van der Waals surface area contributed by atoms with Gasteiger partial charge in [-0.05, 0) is 40.7 Å². The van der Waals surface area contributed by atoms with Gasteiger partial charge < -0.3 is 19.9 Å². The van der Waals surface area contributed by atoms with E-state index in [0.29, 0.717) is 44.2 Å². The molecule has 1 atom stereocenters. The molecule has 1 fully saturated rings. The molecule has 0 spiro atoms. The number of rotatable bonds is 6. The minimum Gasteiger partial charge on any atom is -0.450 e. The lowest BCUT2D eigenvalue weighted by molar-refractivity contribution is -0.136. The van der Waals surface area contributed by atoms with Gasteiger partial charge in [0.15, 0.2) is 0 Å². The molecule has 0 saturated carbocycles. The van der Waals surface area contributed by atoms with Crippen molar-refractivity contribution in [2.75, 3.05) is 38.1 Å². The molecule has 1 saturated heterocycles. The molecule has 3 amide bonds. The number of ether oxygens (including phenoxy) is 1. The maximum Gasteiger partial charge on any atom is 0.409 e. The van der Waals surface area contributed by atoms with Crippen LogP contribution in [0.2, 0.25) is 0 Å². The maximum atomic E-state index is 13.0. The van der Waals surface area contributed by atoms with Gasteiger partial charge in [0.05, 0.1) is 23.7 Å². The van der Waals surface area contributed by atoms with Crippen LogP contribution >= 0.6 is 0 Å². The van der Waals surface area contributed by atoms with Crippen LogP contribution in [0.3, 0.4) is 0 Å². The number of hydrogen-bond donors (Lipinski definition) is 1. The van der Waals surface area contributed by atoms with Gasteiger partial charge in [-0.2, -0.15) is 10.2 Å². The summed E-state index contributed by atoms with van der Waals surface area (Å²) in [5.74, 6) is -0.301. The Morgan fingerprint density at radius 3 is 2.34 bits per heavy atom. The summed E-state index contributed by atoms with van der Waals surface area (Å²) in [5.41, 5.74) is 2.95. The molecule has 3 rings (SSSR count). The predicted molar refractivity (Wildman–Crippen MR) is 117 cm³/mol. The predicted octanol–water partition coefficient (Wildman–Crippen LogP) is 1.51. The first-order valence-corrected chi connectivity index (χ1v) is 10.8. The number of hydrogen-bond acceptors (Lipinski definition) is 6. The van der Waals surface area contributed by atoms with Gasteiger partial charge in [-0.25, -0.2) is 4.79 Å². The van der Waals surface area contributed by atoms with E-state index < -0.39 is 6.04 Å². The summed E-state index contributed by atoms with van der Waals surface area (Å²) in [4.78, 5) is 40.6. The van der Waals surface area contributed by atoms with Gasteiger partial charge in [0.1, 0.15) is 12.6 Å². The van der Waals surface area contributed by atoms with Gasteiger partial charge in [-0.1, -0.05) is 0 Å². The molecule has 1 N–H and O–H groups in total. The number of nitrogens with one attached hydrogen (secondary N) is 1. The second-order valence-corrected chi connectivity index (χ2v) is 7.93. The molecule has 2 aromatic heterocycles. The van der Waals surface area contributed by atoms with Crippen molar-refractivity contribution in [1.82, 2.24) is 29.4 Å². The summed E-state index contributed by atoms with van der Waals surface area (Å²) >= 11 is 0. The Morgan fingerprint density at radius 1 is 1.09 bits per heavy atom. The zero-order valence-corrected chi connectivity index (χ0v) is 19.3. The highest BCUT2D eigenvalue weighted by molar-refractivity contribution is 5.91. The fourth-order valence-electron chi connectivity index (χ4n) is 3.67. The molecule has 1 unspecified atom stereocenters. The van der Waals surface area contributed by atoms with E-state index in [0.717, 1.165) is 11.4 Å². The molecular formula is C21H31N7O4. The number of anilines is 1. The van der Waals surface area contributed by atoms with Crippen LogP contribution in [-0.2, 0) is 20.9 Å². The average Bonchev–Trinajstić information content (AvgIpc) is 3.27. The van der Waals surface area contributed by atoms with Gasteiger partial charge in [0.2, 0.25) is 11.8 Å². The fraction of sp³-hybridized carbons (Fsp3) is 0.571. The first-order valence-electron chi connectivity index (χ1n) is 10.8. The molecule has 0 bridgehead atoms. The van der Waals surface area contributed by atoms with Crippen LogP contribution in [0.1, 0.15) is 37.0 Å². The van der Waals surface area contributed by atoms with Crippen molar-refractivity contribution in [2.45, 2.75) is 47.2 Å². The van der Waals surface area contributed by atoms with Crippen LogP contribution in [0.5, 0.6) is 0 Å². The highest BCUT2D eigenvalue weighted by Gasteiger charge is 2.29. The highest BCUT2D eigenvalue weighted by Crippen LogP contribution is 2.19. The third-order valence-corrected chi connectivity index (χ3v) is 5.46. The number of carbonyl (C=O) groups excluding carboxylic acids is 3. The van der Waals surface area contributed by atoms with Crippen molar-refractivity contribution in [3.63, 3.8) is 0 Å². The van der Waals surface area contributed by atoms with Crippen molar-refractivity contribution >= 4 is 23.6 Å². The summed E-state index contributed by atoms with van der Waals surface area (Å²) in [6.45, 7) is 11.3. The second-order valence-electron chi connectivity index (χ2n) is 7.93. The number of aromatic nitrogens is 4. The van der Waals surface area contributed by atoms with Gasteiger partial charge >= 0.3 is 6.09 Å². The quantitative estimate of drug-likeness (QED) is 0.721. The minimum atomic E-state index is -0.537. The Hall–Kier alpha value is -3.37. The first-order chi connectivity index (χ1) is 15.2. The molecule has 2 aromatic rings. The lowest BCUT2D eigenvalue weighted by Gasteiger charge is -2.35. The van der Waals surface area contributed by atoms with Crippen LogP contribution in [0.25, 0.3) is 0 Å². The molecule has 11 nitrogen and oxygen atoms in total. The van der Waals surface area contributed by atoms with Gasteiger partial charge in [0, 0.05) is 38.1 Å². The smallest absolute Gasteiger partial charge is 0.409 e. The summed E-state index contributed by atoms with van der Waals surface area (Å²) in [6, 6.07) is 1.38. The van der Waals surface area contributed by atoms with Gasteiger partial charge in [-0.3, -0.25) is 19.0 Å². The van der Waals surface area contributed by atoms with Gasteiger partial charge in [0.25, 0.3) is 0 Å². The lowest BCUT2D eigenvalue weighted by Crippen LogP contribution is -2.52. The molecule has 32 heavy (non-hydrogen) atoms.